The molecule has 3 amide bonds. The van der Waals surface area contributed by atoms with Crippen molar-refractivity contribution in [3.63, 3.8) is 0 Å². The Balaban J connectivity index is 1.79. The normalized spacial score (nSPS) is 19.3. The van der Waals surface area contributed by atoms with Crippen molar-refractivity contribution in [3.05, 3.63) is 70.2 Å². The second-order valence-electron chi connectivity index (χ2n) is 6.82. The number of benzene rings is 2. The van der Waals surface area contributed by atoms with E-state index in [0.717, 1.165) is 17.7 Å². The number of aryl methyl sites for hydroxylation is 1. The molecule has 1 N–H and O–H groups in total. The van der Waals surface area contributed by atoms with Gasteiger partial charge in [-0.15, -0.1) is 0 Å². The van der Waals surface area contributed by atoms with Gasteiger partial charge in [-0.3, -0.25) is 14.5 Å². The van der Waals surface area contributed by atoms with E-state index in [-0.39, 0.29) is 12.3 Å². The van der Waals surface area contributed by atoms with Crippen LogP contribution < -0.4 is 5.32 Å². The first-order valence-corrected chi connectivity index (χ1v) is 9.25. The van der Waals surface area contributed by atoms with Crippen LogP contribution in [-0.2, 0) is 16.8 Å². The number of halogens is 1. The van der Waals surface area contributed by atoms with Crippen LogP contribution in [0.2, 0.25) is 5.02 Å². The van der Waals surface area contributed by atoms with E-state index in [4.69, 9.17) is 11.6 Å². The topological polar surface area (TPSA) is 66.5 Å². The maximum Gasteiger partial charge on any atom is 0.325 e. The van der Waals surface area contributed by atoms with E-state index < -0.39 is 17.5 Å². The lowest BCUT2D eigenvalue weighted by atomic mass is 9.91. The lowest BCUT2D eigenvalue weighted by Crippen LogP contribution is -2.41. The highest BCUT2D eigenvalue weighted by Crippen LogP contribution is 2.29. The number of Topliss-reactive ketones (excluding diaryl/α,β-unsaturated/α-hetero) is 1. The minimum atomic E-state index is -1.18. The maximum absolute atomic E-state index is 12.9. The van der Waals surface area contributed by atoms with Crippen LogP contribution in [0.1, 0.15) is 41.8 Å². The van der Waals surface area contributed by atoms with Crippen LogP contribution in [0.15, 0.2) is 48.5 Å². The number of imide groups is 1. The Labute approximate surface area is 163 Å². The molecule has 2 aromatic carbocycles. The summed E-state index contributed by atoms with van der Waals surface area (Å²) in [4.78, 5) is 38.7. The summed E-state index contributed by atoms with van der Waals surface area (Å²) in [5, 5.41) is 3.24. The molecule has 0 spiro atoms. The van der Waals surface area contributed by atoms with E-state index in [1.54, 1.807) is 31.2 Å². The molecule has 1 aliphatic rings. The van der Waals surface area contributed by atoms with Gasteiger partial charge in [0.25, 0.3) is 5.91 Å². The molecule has 5 nitrogen and oxygen atoms in total. The molecule has 0 radical (unpaired) electrons. The Kier molecular flexibility index (Phi) is 5.33. The minimum absolute atomic E-state index is 0.310. The van der Waals surface area contributed by atoms with Crippen LogP contribution in [0.3, 0.4) is 0 Å². The van der Waals surface area contributed by atoms with Crippen LogP contribution >= 0.6 is 11.6 Å². The molecule has 1 atom stereocenters. The van der Waals surface area contributed by atoms with Gasteiger partial charge in [0.2, 0.25) is 0 Å². The lowest BCUT2D eigenvalue weighted by molar-refractivity contribution is -0.130. The molecule has 3 rings (SSSR count). The Hall–Kier alpha value is -2.66. The van der Waals surface area contributed by atoms with Gasteiger partial charge in [0.15, 0.2) is 5.78 Å². The van der Waals surface area contributed by atoms with E-state index >= 15 is 0 Å². The predicted octanol–water partition coefficient (Wildman–Crippen LogP) is 3.94. The summed E-state index contributed by atoms with van der Waals surface area (Å²) in [6.07, 6.45) is 1.99. The highest BCUT2D eigenvalue weighted by atomic mass is 35.5. The molecule has 0 saturated carbocycles. The number of carbonyl (C=O) groups is 3. The minimum Gasteiger partial charge on any atom is -0.319 e. The van der Waals surface area contributed by atoms with Gasteiger partial charge >= 0.3 is 6.03 Å². The Morgan fingerprint density at radius 3 is 2.30 bits per heavy atom. The number of ketones is 1. The van der Waals surface area contributed by atoms with Gasteiger partial charge in [-0.1, -0.05) is 49.2 Å². The van der Waals surface area contributed by atoms with Gasteiger partial charge in [0.1, 0.15) is 5.54 Å². The number of urea groups is 1. The summed E-state index contributed by atoms with van der Waals surface area (Å²) in [6, 6.07) is 13.4. The zero-order valence-corrected chi connectivity index (χ0v) is 16.0. The molecule has 6 heteroatoms. The highest BCUT2D eigenvalue weighted by Gasteiger charge is 2.49. The third-order valence-electron chi connectivity index (χ3n) is 4.81. The first-order valence-electron chi connectivity index (χ1n) is 8.87. The first-order chi connectivity index (χ1) is 12.8. The fourth-order valence-corrected chi connectivity index (χ4v) is 3.33. The Morgan fingerprint density at radius 1 is 1.07 bits per heavy atom. The van der Waals surface area contributed by atoms with Crippen LogP contribution in [0, 0.1) is 0 Å². The Bertz CT molecular complexity index is 877. The van der Waals surface area contributed by atoms with Gasteiger partial charge in [-0.25, -0.2) is 4.79 Å². The lowest BCUT2D eigenvalue weighted by Gasteiger charge is -2.22. The molecule has 140 valence electrons. The molecule has 2 aromatic rings. The van der Waals surface area contributed by atoms with Gasteiger partial charge < -0.3 is 5.32 Å². The standard InChI is InChI=1S/C21H21ClN2O3/c1-3-4-14-5-9-16(10-6-14)21(2)19(26)24(20(27)23-21)13-18(25)15-7-11-17(22)12-8-15/h5-12H,3-4,13H2,1-2H3,(H,23,27)/t21-/m0/s1. The number of carbonyl (C=O) groups excluding carboxylic acids is 3. The van der Waals surface area contributed by atoms with Crippen molar-refractivity contribution in [2.24, 2.45) is 0 Å². The van der Waals surface area contributed by atoms with Crippen LogP contribution in [-0.4, -0.2) is 29.2 Å². The predicted molar refractivity (Wildman–Crippen MR) is 104 cm³/mol. The number of hydrogen-bond acceptors (Lipinski definition) is 3. The van der Waals surface area contributed by atoms with Gasteiger partial charge in [0.05, 0.1) is 6.54 Å². The fourth-order valence-electron chi connectivity index (χ4n) is 3.20. The molecule has 1 saturated heterocycles. The summed E-state index contributed by atoms with van der Waals surface area (Å²) in [7, 11) is 0. The second-order valence-corrected chi connectivity index (χ2v) is 7.26. The van der Waals surface area contributed by atoms with Crippen molar-refractivity contribution >= 4 is 29.3 Å². The van der Waals surface area contributed by atoms with E-state index in [9.17, 15) is 14.4 Å². The number of amides is 3. The third kappa shape index (κ3) is 3.74. The van der Waals surface area contributed by atoms with Gasteiger partial charge in [0, 0.05) is 10.6 Å². The SMILES string of the molecule is CCCc1ccc([C@]2(C)NC(=O)N(CC(=O)c3ccc(Cl)cc3)C2=O)cc1. The summed E-state index contributed by atoms with van der Waals surface area (Å²) >= 11 is 5.83. The van der Waals surface area contributed by atoms with E-state index in [1.165, 1.54) is 5.56 Å². The molecule has 27 heavy (non-hydrogen) atoms. The quantitative estimate of drug-likeness (QED) is 0.606. The molecule has 0 bridgehead atoms. The summed E-state index contributed by atoms with van der Waals surface area (Å²) in [5.74, 6) is -0.754. The first kappa shape index (κ1) is 19.1. The largest absolute Gasteiger partial charge is 0.325 e. The number of nitrogens with zero attached hydrogens (tertiary/aromatic N) is 1. The molecule has 0 aromatic heterocycles. The number of rotatable bonds is 6. The molecular weight excluding hydrogens is 364 g/mol. The van der Waals surface area contributed by atoms with Crippen molar-refractivity contribution in [2.75, 3.05) is 6.54 Å². The highest BCUT2D eigenvalue weighted by molar-refractivity contribution is 6.30. The summed E-state index contributed by atoms with van der Waals surface area (Å²) in [5.41, 5.74) is 1.10. The van der Waals surface area contributed by atoms with Crippen molar-refractivity contribution in [1.82, 2.24) is 10.2 Å². The van der Waals surface area contributed by atoms with E-state index in [2.05, 4.69) is 12.2 Å². The number of nitrogens with one attached hydrogen (secondary N) is 1. The van der Waals surface area contributed by atoms with Gasteiger partial charge in [-0.05, 0) is 48.7 Å². The maximum atomic E-state index is 12.9. The van der Waals surface area contributed by atoms with Crippen molar-refractivity contribution in [2.45, 2.75) is 32.2 Å². The molecule has 1 aliphatic heterocycles. The third-order valence-corrected chi connectivity index (χ3v) is 5.06. The second kappa shape index (κ2) is 7.53. The van der Waals surface area contributed by atoms with E-state index in [0.29, 0.717) is 16.1 Å². The molecule has 0 aliphatic carbocycles. The van der Waals surface area contributed by atoms with Crippen molar-refractivity contribution < 1.29 is 14.4 Å². The molecule has 0 unspecified atom stereocenters. The zero-order chi connectivity index (χ0) is 19.6. The Morgan fingerprint density at radius 2 is 1.70 bits per heavy atom. The van der Waals surface area contributed by atoms with Gasteiger partial charge in [-0.2, -0.15) is 0 Å². The van der Waals surface area contributed by atoms with Crippen molar-refractivity contribution in [1.29, 1.82) is 0 Å². The monoisotopic (exact) mass is 384 g/mol. The van der Waals surface area contributed by atoms with Crippen molar-refractivity contribution in [3.8, 4) is 0 Å². The fraction of sp³-hybridized carbons (Fsp3) is 0.286. The average Bonchev–Trinajstić information content (AvgIpc) is 2.87. The summed E-state index contributed by atoms with van der Waals surface area (Å²) in [6.45, 7) is 3.45. The smallest absolute Gasteiger partial charge is 0.319 e. The van der Waals surface area contributed by atoms with Crippen LogP contribution in [0.5, 0.6) is 0 Å². The molecule has 1 heterocycles. The van der Waals surface area contributed by atoms with Crippen LogP contribution in [0.4, 0.5) is 4.79 Å². The van der Waals surface area contributed by atoms with E-state index in [1.807, 2.05) is 24.3 Å². The number of hydrogen-bond donors (Lipinski definition) is 1. The zero-order valence-electron chi connectivity index (χ0n) is 15.3. The molecular formula is C21H21ClN2O3. The molecule has 1 fully saturated rings. The van der Waals surface area contributed by atoms with Crippen LogP contribution in [0.25, 0.3) is 0 Å². The average molecular weight is 385 g/mol. The summed E-state index contributed by atoms with van der Waals surface area (Å²) < 4.78 is 0.